The monoisotopic (exact) mass is 288 g/mol. The number of rotatable bonds is 5. The van der Waals surface area contributed by atoms with Gasteiger partial charge in [0.25, 0.3) is 0 Å². The van der Waals surface area contributed by atoms with Gasteiger partial charge < -0.3 is 15.0 Å². The normalized spacial score (nSPS) is 25.8. The Morgan fingerprint density at radius 1 is 1.33 bits per heavy atom. The number of ether oxygens (including phenoxy) is 1. The number of benzene rings is 1. The van der Waals surface area contributed by atoms with Crippen molar-refractivity contribution in [2.75, 3.05) is 24.6 Å². The van der Waals surface area contributed by atoms with Gasteiger partial charge in [-0.05, 0) is 51.2 Å². The molecule has 1 aromatic carbocycles. The highest BCUT2D eigenvalue weighted by atomic mass is 16.5. The lowest BCUT2D eigenvalue weighted by molar-refractivity contribution is 0.0834. The van der Waals surface area contributed by atoms with Crippen molar-refractivity contribution in [3.05, 3.63) is 29.8 Å². The zero-order valence-corrected chi connectivity index (χ0v) is 13.6. The summed E-state index contributed by atoms with van der Waals surface area (Å²) >= 11 is 0. The molecule has 1 heterocycles. The van der Waals surface area contributed by atoms with E-state index >= 15 is 0 Å². The average molecular weight is 288 g/mol. The molecule has 116 valence electrons. The summed E-state index contributed by atoms with van der Waals surface area (Å²) in [5.74, 6) is 0.834. The fraction of sp³-hybridized carbons (Fsp3) is 0.667. The van der Waals surface area contributed by atoms with Crippen LogP contribution < -0.4 is 10.2 Å². The Balaban J connectivity index is 1.78. The van der Waals surface area contributed by atoms with E-state index in [1.807, 2.05) is 0 Å². The van der Waals surface area contributed by atoms with E-state index in [0.717, 1.165) is 32.2 Å². The van der Waals surface area contributed by atoms with Crippen LogP contribution in [0.1, 0.15) is 39.2 Å². The fourth-order valence-electron chi connectivity index (χ4n) is 3.40. The number of nitrogens with one attached hydrogen (secondary N) is 1. The number of fused-ring (bicyclic) bond motifs is 1. The molecule has 0 aromatic heterocycles. The van der Waals surface area contributed by atoms with Crippen molar-refractivity contribution in [1.82, 2.24) is 5.32 Å². The van der Waals surface area contributed by atoms with Crippen LogP contribution in [0, 0.1) is 5.92 Å². The Labute approximate surface area is 128 Å². The summed E-state index contributed by atoms with van der Waals surface area (Å²) in [7, 11) is 0. The first-order valence-electron chi connectivity index (χ1n) is 8.28. The predicted molar refractivity (Wildman–Crippen MR) is 87.7 cm³/mol. The lowest BCUT2D eigenvalue weighted by Gasteiger charge is -2.35. The van der Waals surface area contributed by atoms with Gasteiger partial charge in [0.1, 0.15) is 0 Å². The molecule has 0 bridgehead atoms. The van der Waals surface area contributed by atoms with Crippen molar-refractivity contribution < 1.29 is 4.74 Å². The van der Waals surface area contributed by atoms with Gasteiger partial charge in [-0.3, -0.25) is 0 Å². The Kier molecular flexibility index (Phi) is 4.23. The van der Waals surface area contributed by atoms with Gasteiger partial charge in [0.05, 0.1) is 12.7 Å². The molecule has 2 aliphatic rings. The predicted octanol–water partition coefficient (Wildman–Crippen LogP) is 3.19. The van der Waals surface area contributed by atoms with E-state index < -0.39 is 0 Å². The molecule has 1 unspecified atom stereocenters. The van der Waals surface area contributed by atoms with Gasteiger partial charge in [-0.15, -0.1) is 0 Å². The topological polar surface area (TPSA) is 24.5 Å². The molecule has 1 aromatic rings. The molecule has 3 rings (SSSR count). The minimum Gasteiger partial charge on any atom is -0.377 e. The maximum atomic E-state index is 5.78. The van der Waals surface area contributed by atoms with Crippen molar-refractivity contribution in [3.63, 3.8) is 0 Å². The third-order valence-electron chi connectivity index (χ3n) is 4.83. The first-order chi connectivity index (χ1) is 10.1. The second-order valence-electron chi connectivity index (χ2n) is 7.02. The van der Waals surface area contributed by atoms with Crippen LogP contribution in [0.15, 0.2) is 24.3 Å². The minimum atomic E-state index is 0.233. The number of hydrogen-bond acceptors (Lipinski definition) is 3. The molecule has 1 saturated carbocycles. The van der Waals surface area contributed by atoms with Crippen LogP contribution in [0.3, 0.4) is 0 Å². The zero-order valence-electron chi connectivity index (χ0n) is 13.6. The standard InChI is InChI=1S/C18H28N2O/c1-14(2)21-11-10-20-13-18(3,16-8-9-16)19-12-15-6-4-5-7-17(15)20/h4-7,14,16,19H,8-13H2,1-3H3. The molecule has 0 spiro atoms. The van der Waals surface area contributed by atoms with Crippen molar-refractivity contribution in [3.8, 4) is 0 Å². The van der Waals surface area contributed by atoms with E-state index in [0.29, 0.717) is 6.10 Å². The van der Waals surface area contributed by atoms with Crippen molar-refractivity contribution in [2.24, 2.45) is 5.92 Å². The highest BCUT2D eigenvalue weighted by Gasteiger charge is 2.43. The SMILES string of the molecule is CC(C)OCCN1CC(C)(C2CC2)NCc2ccccc21. The van der Waals surface area contributed by atoms with Gasteiger partial charge in [-0.2, -0.15) is 0 Å². The highest BCUT2D eigenvalue weighted by molar-refractivity contribution is 5.55. The smallest absolute Gasteiger partial charge is 0.0645 e. The molecule has 3 heteroatoms. The van der Waals surface area contributed by atoms with E-state index in [1.54, 1.807) is 0 Å². The maximum Gasteiger partial charge on any atom is 0.0645 e. The van der Waals surface area contributed by atoms with Gasteiger partial charge in [-0.1, -0.05) is 18.2 Å². The quantitative estimate of drug-likeness (QED) is 0.900. The van der Waals surface area contributed by atoms with E-state index in [2.05, 4.69) is 55.3 Å². The Hall–Kier alpha value is -1.06. The molecule has 1 atom stereocenters. The molecule has 1 aliphatic carbocycles. The van der Waals surface area contributed by atoms with E-state index in [1.165, 1.54) is 24.1 Å². The third kappa shape index (κ3) is 3.41. The van der Waals surface area contributed by atoms with E-state index in [9.17, 15) is 0 Å². The van der Waals surface area contributed by atoms with Gasteiger partial charge in [0.15, 0.2) is 0 Å². The molecule has 1 N–H and O–H groups in total. The average Bonchev–Trinajstić information content (AvgIpc) is 3.28. The molecule has 0 saturated heterocycles. The minimum absolute atomic E-state index is 0.233. The van der Waals surface area contributed by atoms with Crippen LogP contribution in [0.2, 0.25) is 0 Å². The zero-order chi connectivity index (χ0) is 14.9. The molecule has 1 fully saturated rings. The molecule has 0 amide bonds. The van der Waals surface area contributed by atoms with Gasteiger partial charge in [-0.25, -0.2) is 0 Å². The summed E-state index contributed by atoms with van der Waals surface area (Å²) in [6.07, 6.45) is 3.05. The lowest BCUT2D eigenvalue weighted by atomic mass is 9.95. The third-order valence-corrected chi connectivity index (χ3v) is 4.83. The second kappa shape index (κ2) is 5.98. The molecular weight excluding hydrogens is 260 g/mol. The first-order valence-corrected chi connectivity index (χ1v) is 8.28. The van der Waals surface area contributed by atoms with Crippen LogP contribution in [0.4, 0.5) is 5.69 Å². The Morgan fingerprint density at radius 3 is 2.81 bits per heavy atom. The van der Waals surface area contributed by atoms with Crippen LogP contribution >= 0.6 is 0 Å². The number of hydrogen-bond donors (Lipinski definition) is 1. The van der Waals surface area contributed by atoms with Crippen LogP contribution in [-0.4, -0.2) is 31.3 Å². The van der Waals surface area contributed by atoms with Crippen molar-refractivity contribution in [2.45, 2.75) is 51.8 Å². The van der Waals surface area contributed by atoms with Crippen molar-refractivity contribution >= 4 is 5.69 Å². The summed E-state index contributed by atoms with van der Waals surface area (Å²) < 4.78 is 5.78. The summed E-state index contributed by atoms with van der Waals surface area (Å²) in [5, 5.41) is 3.82. The maximum absolute atomic E-state index is 5.78. The van der Waals surface area contributed by atoms with Gasteiger partial charge >= 0.3 is 0 Å². The molecule has 21 heavy (non-hydrogen) atoms. The largest absolute Gasteiger partial charge is 0.377 e. The van der Waals surface area contributed by atoms with Crippen LogP contribution in [0.5, 0.6) is 0 Å². The van der Waals surface area contributed by atoms with Gasteiger partial charge in [0.2, 0.25) is 0 Å². The van der Waals surface area contributed by atoms with E-state index in [-0.39, 0.29) is 5.54 Å². The van der Waals surface area contributed by atoms with Crippen LogP contribution in [0.25, 0.3) is 0 Å². The summed E-state index contributed by atoms with van der Waals surface area (Å²) in [6.45, 7) is 10.4. The number of para-hydroxylation sites is 1. The molecule has 3 nitrogen and oxygen atoms in total. The second-order valence-corrected chi connectivity index (χ2v) is 7.02. The lowest BCUT2D eigenvalue weighted by Crippen LogP contribution is -2.51. The summed E-state index contributed by atoms with van der Waals surface area (Å²) in [6, 6.07) is 8.79. The number of nitrogens with zero attached hydrogens (tertiary/aromatic N) is 1. The van der Waals surface area contributed by atoms with Crippen molar-refractivity contribution in [1.29, 1.82) is 0 Å². The summed E-state index contributed by atoms with van der Waals surface area (Å²) in [5.41, 5.74) is 3.02. The number of anilines is 1. The molecule has 1 aliphatic heterocycles. The Morgan fingerprint density at radius 2 is 2.10 bits per heavy atom. The van der Waals surface area contributed by atoms with Crippen LogP contribution in [-0.2, 0) is 11.3 Å². The summed E-state index contributed by atoms with van der Waals surface area (Å²) in [4.78, 5) is 2.52. The molecular formula is C18H28N2O. The Bertz CT molecular complexity index is 484. The fourth-order valence-corrected chi connectivity index (χ4v) is 3.40. The van der Waals surface area contributed by atoms with Gasteiger partial charge in [0, 0.05) is 30.9 Å². The first kappa shape index (κ1) is 14.9. The molecule has 0 radical (unpaired) electrons. The highest BCUT2D eigenvalue weighted by Crippen LogP contribution is 2.42. The van der Waals surface area contributed by atoms with E-state index in [4.69, 9.17) is 4.74 Å².